The molecule has 1 saturated heterocycles. The van der Waals surface area contributed by atoms with Crippen LogP contribution < -0.4 is 10.9 Å². The molecule has 1 aromatic heterocycles. The minimum Gasteiger partial charge on any atom is -0.313 e. The molecule has 6 nitrogen and oxygen atoms in total. The number of urea groups is 1. The molecule has 2 aliphatic heterocycles. The summed E-state index contributed by atoms with van der Waals surface area (Å²) in [5.74, 6) is -0.657. The molecule has 1 fully saturated rings. The first-order valence-electron chi connectivity index (χ1n) is 7.76. The van der Waals surface area contributed by atoms with E-state index in [1.54, 1.807) is 4.90 Å². The number of hydrogen-bond acceptors (Lipinski definition) is 3. The van der Waals surface area contributed by atoms with Crippen LogP contribution >= 0.6 is 23.2 Å². The Balaban J connectivity index is 1.63. The van der Waals surface area contributed by atoms with Gasteiger partial charge in [-0.3, -0.25) is 4.79 Å². The lowest BCUT2D eigenvalue weighted by Gasteiger charge is -2.35. The molecule has 0 aliphatic carbocycles. The Bertz CT molecular complexity index is 933. The SMILES string of the molecule is O=C(Nc1cc(Cl)c(Cl)cc1F)N1C2CCC1c1n[nH]c(=O)cc1C2. The van der Waals surface area contributed by atoms with E-state index in [0.717, 1.165) is 24.5 Å². The Morgan fingerprint density at radius 3 is 2.84 bits per heavy atom. The number of benzene rings is 1. The number of aromatic amines is 1. The fraction of sp³-hybridized carbons (Fsp3) is 0.312. The number of fused-ring (bicyclic) bond motifs is 4. The van der Waals surface area contributed by atoms with E-state index in [1.807, 2.05) is 0 Å². The zero-order chi connectivity index (χ0) is 17.7. The van der Waals surface area contributed by atoms with Gasteiger partial charge in [-0.05, 0) is 37.0 Å². The number of carbonyl (C=O) groups excluding carboxylic acids is 1. The van der Waals surface area contributed by atoms with E-state index in [1.165, 1.54) is 12.1 Å². The minimum atomic E-state index is -0.657. The average molecular weight is 383 g/mol. The van der Waals surface area contributed by atoms with Crippen molar-refractivity contribution in [2.45, 2.75) is 31.3 Å². The molecule has 0 radical (unpaired) electrons. The van der Waals surface area contributed by atoms with Crippen LogP contribution in [-0.2, 0) is 6.42 Å². The van der Waals surface area contributed by atoms with Gasteiger partial charge in [0.15, 0.2) is 0 Å². The lowest BCUT2D eigenvalue weighted by molar-refractivity contribution is 0.177. The van der Waals surface area contributed by atoms with E-state index in [2.05, 4.69) is 15.5 Å². The van der Waals surface area contributed by atoms with Crippen LogP contribution in [0, 0.1) is 5.82 Å². The van der Waals surface area contributed by atoms with E-state index in [0.29, 0.717) is 12.1 Å². The number of amides is 2. The highest BCUT2D eigenvalue weighted by atomic mass is 35.5. The predicted molar refractivity (Wildman–Crippen MR) is 91.6 cm³/mol. The maximum absolute atomic E-state index is 14.0. The molecule has 0 spiro atoms. The normalized spacial score (nSPS) is 21.2. The molecule has 2 atom stereocenters. The summed E-state index contributed by atoms with van der Waals surface area (Å²) in [5, 5.41) is 9.33. The summed E-state index contributed by atoms with van der Waals surface area (Å²) in [5.41, 5.74) is 1.27. The maximum atomic E-state index is 14.0. The first kappa shape index (κ1) is 16.4. The third-order valence-electron chi connectivity index (χ3n) is 4.68. The average Bonchev–Trinajstić information content (AvgIpc) is 2.88. The Labute approximate surface area is 151 Å². The number of nitrogens with one attached hydrogen (secondary N) is 2. The van der Waals surface area contributed by atoms with E-state index >= 15 is 0 Å². The van der Waals surface area contributed by atoms with Gasteiger partial charge in [-0.2, -0.15) is 5.10 Å². The van der Waals surface area contributed by atoms with Crippen molar-refractivity contribution in [2.75, 3.05) is 5.32 Å². The van der Waals surface area contributed by atoms with Gasteiger partial charge >= 0.3 is 6.03 Å². The third-order valence-corrected chi connectivity index (χ3v) is 5.40. The van der Waals surface area contributed by atoms with Crippen LogP contribution in [-0.4, -0.2) is 27.2 Å². The standard InChI is InChI=1S/C16H13Cl2FN4O2/c17-9-5-11(19)12(6-10(9)18)20-16(25)23-8-1-2-13(23)15-7(3-8)4-14(24)21-22-15/h4-6,8,13H,1-3H2,(H,20,25)(H,21,24). The zero-order valence-corrected chi connectivity index (χ0v) is 14.4. The van der Waals surface area contributed by atoms with Gasteiger partial charge in [0.2, 0.25) is 0 Å². The van der Waals surface area contributed by atoms with Crippen molar-refractivity contribution in [3.63, 3.8) is 0 Å². The number of aromatic nitrogens is 2. The smallest absolute Gasteiger partial charge is 0.313 e. The fourth-order valence-corrected chi connectivity index (χ4v) is 3.93. The first-order chi connectivity index (χ1) is 11.9. The van der Waals surface area contributed by atoms with Crippen molar-refractivity contribution in [2.24, 2.45) is 0 Å². The number of H-pyrrole nitrogens is 1. The van der Waals surface area contributed by atoms with Crippen LogP contribution in [0.1, 0.15) is 30.1 Å². The highest BCUT2D eigenvalue weighted by molar-refractivity contribution is 6.42. The fourth-order valence-electron chi connectivity index (χ4n) is 3.61. The van der Waals surface area contributed by atoms with Crippen LogP contribution in [0.15, 0.2) is 23.0 Å². The summed E-state index contributed by atoms with van der Waals surface area (Å²) in [6, 6.07) is 3.16. The van der Waals surface area contributed by atoms with Gasteiger partial charge in [0, 0.05) is 12.1 Å². The molecule has 2 unspecified atom stereocenters. The van der Waals surface area contributed by atoms with E-state index < -0.39 is 11.8 Å². The molecule has 0 saturated carbocycles. The molecule has 2 N–H and O–H groups in total. The number of nitrogens with zero attached hydrogens (tertiary/aromatic N) is 2. The maximum Gasteiger partial charge on any atom is 0.322 e. The number of hydrogen-bond donors (Lipinski definition) is 2. The molecule has 9 heteroatoms. The van der Waals surface area contributed by atoms with Gasteiger partial charge in [0.1, 0.15) is 5.82 Å². The van der Waals surface area contributed by atoms with E-state index in [9.17, 15) is 14.0 Å². The van der Waals surface area contributed by atoms with Gasteiger partial charge in [0.25, 0.3) is 5.56 Å². The van der Waals surface area contributed by atoms with Gasteiger partial charge in [-0.25, -0.2) is 14.3 Å². The van der Waals surface area contributed by atoms with Crippen LogP contribution in [0.25, 0.3) is 0 Å². The van der Waals surface area contributed by atoms with Crippen LogP contribution in [0.2, 0.25) is 10.0 Å². The summed E-state index contributed by atoms with van der Waals surface area (Å²) in [4.78, 5) is 25.8. The molecular weight excluding hydrogens is 370 g/mol. The monoisotopic (exact) mass is 382 g/mol. The summed E-state index contributed by atoms with van der Waals surface area (Å²) in [7, 11) is 0. The molecule has 4 rings (SSSR count). The summed E-state index contributed by atoms with van der Waals surface area (Å²) in [6.07, 6.45) is 2.10. The quantitative estimate of drug-likeness (QED) is 0.740. The number of rotatable bonds is 1. The van der Waals surface area contributed by atoms with Gasteiger partial charge in [-0.15, -0.1) is 0 Å². The summed E-state index contributed by atoms with van der Waals surface area (Å²) < 4.78 is 14.0. The Morgan fingerprint density at radius 1 is 1.28 bits per heavy atom. The number of carbonyl (C=O) groups is 1. The second-order valence-electron chi connectivity index (χ2n) is 6.18. The third kappa shape index (κ3) is 2.77. The highest BCUT2D eigenvalue weighted by Gasteiger charge is 2.44. The zero-order valence-electron chi connectivity index (χ0n) is 12.9. The lowest BCUT2D eigenvalue weighted by Crippen LogP contribution is -2.45. The van der Waals surface area contributed by atoms with Crippen molar-refractivity contribution in [3.8, 4) is 0 Å². The largest absolute Gasteiger partial charge is 0.322 e. The van der Waals surface area contributed by atoms with E-state index in [-0.39, 0.29) is 33.4 Å². The Kier molecular flexibility index (Phi) is 3.92. The van der Waals surface area contributed by atoms with Crippen LogP contribution in [0.4, 0.5) is 14.9 Å². The second kappa shape index (κ2) is 6.00. The van der Waals surface area contributed by atoms with Gasteiger partial charge in [0.05, 0.1) is 27.5 Å². The summed E-state index contributed by atoms with van der Waals surface area (Å²) in [6.45, 7) is 0. The minimum absolute atomic E-state index is 0.0287. The molecule has 130 valence electrons. The molecule has 25 heavy (non-hydrogen) atoms. The molecule has 3 heterocycles. The highest BCUT2D eigenvalue weighted by Crippen LogP contribution is 2.42. The Morgan fingerprint density at radius 2 is 2.04 bits per heavy atom. The topological polar surface area (TPSA) is 78.1 Å². The van der Waals surface area contributed by atoms with Crippen molar-refractivity contribution >= 4 is 34.9 Å². The molecule has 2 amide bonds. The van der Waals surface area contributed by atoms with E-state index in [4.69, 9.17) is 23.2 Å². The second-order valence-corrected chi connectivity index (χ2v) is 6.99. The number of anilines is 1. The van der Waals surface area contributed by atoms with Crippen LogP contribution in [0.5, 0.6) is 0 Å². The molecular formula is C16H13Cl2FN4O2. The van der Waals surface area contributed by atoms with Crippen LogP contribution in [0.3, 0.4) is 0 Å². The number of halogens is 3. The predicted octanol–water partition coefficient (Wildman–Crippen LogP) is 3.51. The van der Waals surface area contributed by atoms with Crippen molar-refractivity contribution < 1.29 is 9.18 Å². The summed E-state index contributed by atoms with van der Waals surface area (Å²) >= 11 is 11.7. The Hall–Kier alpha value is -2.12. The van der Waals surface area contributed by atoms with Crippen molar-refractivity contribution in [1.29, 1.82) is 0 Å². The van der Waals surface area contributed by atoms with Gasteiger partial charge in [-0.1, -0.05) is 23.2 Å². The lowest BCUT2D eigenvalue weighted by atomic mass is 9.99. The molecule has 1 aromatic carbocycles. The van der Waals surface area contributed by atoms with Crippen molar-refractivity contribution in [3.05, 3.63) is 55.7 Å². The molecule has 2 bridgehead atoms. The molecule has 2 aromatic rings. The van der Waals surface area contributed by atoms with Crippen molar-refractivity contribution in [1.82, 2.24) is 15.1 Å². The first-order valence-corrected chi connectivity index (χ1v) is 8.52. The van der Waals surface area contributed by atoms with Gasteiger partial charge < -0.3 is 10.2 Å². The molecule has 2 aliphatic rings.